The average Bonchev–Trinajstić information content (AvgIpc) is 2.41. The maximum atomic E-state index is 13.7. The summed E-state index contributed by atoms with van der Waals surface area (Å²) in [5, 5.41) is 3.39. The van der Waals surface area contributed by atoms with Crippen molar-refractivity contribution in [3.63, 3.8) is 0 Å². The molecule has 0 aliphatic carbocycles. The van der Waals surface area contributed by atoms with Gasteiger partial charge in [-0.05, 0) is 30.9 Å². The molecule has 0 spiro atoms. The van der Waals surface area contributed by atoms with E-state index in [9.17, 15) is 4.39 Å². The van der Waals surface area contributed by atoms with Crippen molar-refractivity contribution in [1.29, 1.82) is 0 Å². The molecule has 0 bridgehead atoms. The molecule has 0 saturated carbocycles. The Morgan fingerprint density at radius 2 is 1.79 bits per heavy atom. The molecule has 0 heterocycles. The van der Waals surface area contributed by atoms with Gasteiger partial charge >= 0.3 is 0 Å². The predicted molar refractivity (Wildman–Crippen MR) is 81.3 cm³/mol. The number of hydrogen-bond donors (Lipinski definition) is 1. The van der Waals surface area contributed by atoms with E-state index in [0.29, 0.717) is 5.56 Å². The number of para-hydroxylation sites is 1. The summed E-state index contributed by atoms with van der Waals surface area (Å²) >= 11 is 1.79. The lowest BCUT2D eigenvalue weighted by molar-refractivity contribution is 0.600. The maximum Gasteiger partial charge on any atom is 0.128 e. The molecule has 2 rings (SSSR count). The first-order chi connectivity index (χ1) is 9.22. The molecule has 1 nitrogen and oxygen atoms in total. The number of nitrogens with one attached hydrogen (secondary N) is 1. The lowest BCUT2D eigenvalue weighted by Gasteiger charge is -2.18. The Hall–Kier alpha value is -1.48. The van der Waals surface area contributed by atoms with Crippen molar-refractivity contribution in [3.05, 3.63) is 59.9 Å². The molecule has 1 N–H and O–H groups in total. The Kier molecular flexibility index (Phi) is 4.86. The molecule has 2 aromatic rings. The van der Waals surface area contributed by atoms with Crippen LogP contribution in [0.2, 0.25) is 0 Å². The van der Waals surface area contributed by atoms with E-state index >= 15 is 0 Å². The fourth-order valence-corrected chi connectivity index (χ4v) is 2.77. The quantitative estimate of drug-likeness (QED) is 0.761. The van der Waals surface area contributed by atoms with Crippen molar-refractivity contribution in [3.8, 4) is 0 Å². The third-order valence-electron chi connectivity index (χ3n) is 2.93. The van der Waals surface area contributed by atoms with E-state index < -0.39 is 0 Å². The molecule has 2 aromatic carbocycles. The lowest BCUT2D eigenvalue weighted by atomic mass is 10.1. The summed E-state index contributed by atoms with van der Waals surface area (Å²) in [6.45, 7) is 4.10. The zero-order chi connectivity index (χ0) is 13.7. The molecule has 0 aliphatic rings. The van der Waals surface area contributed by atoms with E-state index in [-0.39, 0.29) is 11.9 Å². The zero-order valence-electron chi connectivity index (χ0n) is 11.2. The van der Waals surface area contributed by atoms with Crippen LogP contribution in [-0.2, 0) is 0 Å². The lowest BCUT2D eigenvalue weighted by Crippen LogP contribution is -2.09. The van der Waals surface area contributed by atoms with Crippen LogP contribution in [0.15, 0.2) is 53.4 Å². The van der Waals surface area contributed by atoms with Crippen LogP contribution in [0.5, 0.6) is 0 Å². The fourth-order valence-electron chi connectivity index (χ4n) is 2.00. The van der Waals surface area contributed by atoms with E-state index in [1.165, 1.54) is 11.0 Å². The van der Waals surface area contributed by atoms with Gasteiger partial charge in [-0.2, -0.15) is 0 Å². The van der Waals surface area contributed by atoms with Gasteiger partial charge in [-0.1, -0.05) is 37.3 Å². The first-order valence-corrected chi connectivity index (χ1v) is 7.43. The van der Waals surface area contributed by atoms with Crippen molar-refractivity contribution in [1.82, 2.24) is 0 Å². The highest BCUT2D eigenvalue weighted by molar-refractivity contribution is 7.99. The van der Waals surface area contributed by atoms with Crippen LogP contribution in [0.4, 0.5) is 10.1 Å². The van der Waals surface area contributed by atoms with Gasteiger partial charge in [-0.25, -0.2) is 4.39 Å². The topological polar surface area (TPSA) is 12.0 Å². The highest BCUT2D eigenvalue weighted by atomic mass is 32.2. The van der Waals surface area contributed by atoms with Crippen LogP contribution in [-0.4, -0.2) is 5.75 Å². The molecular formula is C16H18FNS. The molecule has 100 valence electrons. The number of thioether (sulfide) groups is 1. The van der Waals surface area contributed by atoms with Gasteiger partial charge in [0.15, 0.2) is 0 Å². The summed E-state index contributed by atoms with van der Waals surface area (Å²) in [6.07, 6.45) is 0. The second-order valence-electron chi connectivity index (χ2n) is 4.32. The molecule has 1 unspecified atom stereocenters. The predicted octanol–water partition coefficient (Wildman–Crippen LogP) is 5.11. The smallest absolute Gasteiger partial charge is 0.128 e. The van der Waals surface area contributed by atoms with Gasteiger partial charge in [0.1, 0.15) is 5.82 Å². The first-order valence-electron chi connectivity index (χ1n) is 6.45. The van der Waals surface area contributed by atoms with E-state index in [0.717, 1.165) is 11.4 Å². The van der Waals surface area contributed by atoms with Gasteiger partial charge in [0, 0.05) is 16.1 Å². The van der Waals surface area contributed by atoms with Crippen molar-refractivity contribution >= 4 is 17.4 Å². The summed E-state index contributed by atoms with van der Waals surface area (Å²) in [5.74, 6) is 0.857. The van der Waals surface area contributed by atoms with Crippen molar-refractivity contribution in [2.45, 2.75) is 24.8 Å². The van der Waals surface area contributed by atoms with Gasteiger partial charge in [0.05, 0.1) is 6.04 Å². The van der Waals surface area contributed by atoms with E-state index in [1.54, 1.807) is 17.8 Å². The number of benzene rings is 2. The van der Waals surface area contributed by atoms with E-state index in [1.807, 2.05) is 37.3 Å². The van der Waals surface area contributed by atoms with Crippen LogP contribution in [0.1, 0.15) is 25.5 Å². The summed E-state index contributed by atoms with van der Waals surface area (Å²) in [5.41, 5.74) is 1.75. The standard InChI is InChI=1S/C16H18FNS/c1-3-19-16-11-7-6-10-15(16)18-12(2)13-8-4-5-9-14(13)17/h4-12,18H,3H2,1-2H3. The van der Waals surface area contributed by atoms with Crippen molar-refractivity contribution in [2.24, 2.45) is 0 Å². The number of hydrogen-bond acceptors (Lipinski definition) is 2. The molecular weight excluding hydrogens is 257 g/mol. The Bertz CT molecular complexity index is 542. The second kappa shape index (κ2) is 6.62. The second-order valence-corrected chi connectivity index (χ2v) is 5.62. The summed E-state index contributed by atoms with van der Waals surface area (Å²) in [7, 11) is 0. The number of rotatable bonds is 5. The Morgan fingerprint density at radius 3 is 2.53 bits per heavy atom. The van der Waals surface area contributed by atoms with Crippen LogP contribution in [0, 0.1) is 5.82 Å². The maximum absolute atomic E-state index is 13.7. The number of anilines is 1. The van der Waals surface area contributed by atoms with Crippen LogP contribution in [0.25, 0.3) is 0 Å². The molecule has 0 amide bonds. The van der Waals surface area contributed by atoms with E-state index in [2.05, 4.69) is 18.3 Å². The minimum atomic E-state index is -0.164. The normalized spacial score (nSPS) is 12.2. The van der Waals surface area contributed by atoms with E-state index in [4.69, 9.17) is 0 Å². The molecule has 0 aliphatic heterocycles. The molecule has 3 heteroatoms. The SMILES string of the molecule is CCSc1ccccc1NC(C)c1ccccc1F. The molecule has 0 aromatic heterocycles. The summed E-state index contributed by atoms with van der Waals surface area (Å²) in [6, 6.07) is 15.0. The molecule has 0 fully saturated rings. The van der Waals surface area contributed by atoms with Crippen LogP contribution < -0.4 is 5.32 Å². The Balaban J connectivity index is 2.19. The van der Waals surface area contributed by atoms with Gasteiger partial charge < -0.3 is 5.32 Å². The summed E-state index contributed by atoms with van der Waals surface area (Å²) < 4.78 is 13.7. The molecule has 0 radical (unpaired) electrons. The highest BCUT2D eigenvalue weighted by Crippen LogP contribution is 2.30. The fraction of sp³-hybridized carbons (Fsp3) is 0.250. The molecule has 19 heavy (non-hydrogen) atoms. The van der Waals surface area contributed by atoms with Crippen LogP contribution >= 0.6 is 11.8 Å². The van der Waals surface area contributed by atoms with Crippen LogP contribution in [0.3, 0.4) is 0 Å². The minimum absolute atomic E-state index is 0.0557. The van der Waals surface area contributed by atoms with Gasteiger partial charge in [-0.3, -0.25) is 0 Å². The molecule has 1 atom stereocenters. The summed E-state index contributed by atoms with van der Waals surface area (Å²) in [4.78, 5) is 1.20. The monoisotopic (exact) mass is 275 g/mol. The van der Waals surface area contributed by atoms with Gasteiger partial charge in [0.25, 0.3) is 0 Å². The highest BCUT2D eigenvalue weighted by Gasteiger charge is 2.11. The number of halogens is 1. The van der Waals surface area contributed by atoms with Crippen molar-refractivity contribution < 1.29 is 4.39 Å². The van der Waals surface area contributed by atoms with Gasteiger partial charge in [0.2, 0.25) is 0 Å². The largest absolute Gasteiger partial charge is 0.378 e. The van der Waals surface area contributed by atoms with Gasteiger partial charge in [-0.15, -0.1) is 11.8 Å². The Labute approximate surface area is 118 Å². The third kappa shape index (κ3) is 3.51. The zero-order valence-corrected chi connectivity index (χ0v) is 12.0. The first kappa shape index (κ1) is 13.9. The minimum Gasteiger partial charge on any atom is -0.378 e. The third-order valence-corrected chi connectivity index (χ3v) is 3.89. The Morgan fingerprint density at radius 1 is 1.11 bits per heavy atom. The van der Waals surface area contributed by atoms with Crippen molar-refractivity contribution in [2.75, 3.05) is 11.1 Å². The average molecular weight is 275 g/mol. The molecule has 0 saturated heterocycles.